The average Bonchev–Trinajstić information content (AvgIpc) is 2.69. The lowest BCUT2D eigenvalue weighted by atomic mass is 9.85. The van der Waals surface area contributed by atoms with Gasteiger partial charge in [-0.3, -0.25) is 4.99 Å². The van der Waals surface area contributed by atoms with Crippen molar-refractivity contribution in [3.05, 3.63) is 11.1 Å². The normalized spacial score (nSPS) is 38.1. The van der Waals surface area contributed by atoms with Crippen LogP contribution in [-0.4, -0.2) is 31.5 Å². The quantitative estimate of drug-likeness (QED) is 0.687. The van der Waals surface area contributed by atoms with Gasteiger partial charge in [0, 0.05) is 12.1 Å². The predicted molar refractivity (Wildman–Crippen MR) is 68.3 cm³/mol. The van der Waals surface area contributed by atoms with Crippen LogP contribution in [0.2, 0.25) is 0 Å². The SMILES string of the molecule is FC1CCC2N=CC(=C3CCNCC3)C2CC1. The molecule has 0 amide bonds. The molecule has 94 valence electrons. The number of halogens is 1. The first-order valence-corrected chi connectivity index (χ1v) is 6.94. The third-order valence-electron chi connectivity index (χ3n) is 4.45. The number of fused-ring (bicyclic) bond motifs is 1. The molecule has 1 aliphatic carbocycles. The Hall–Kier alpha value is -0.700. The Morgan fingerprint density at radius 2 is 1.88 bits per heavy atom. The number of alkyl halides is 1. The van der Waals surface area contributed by atoms with E-state index in [4.69, 9.17) is 0 Å². The van der Waals surface area contributed by atoms with Gasteiger partial charge in [-0.05, 0) is 57.2 Å². The van der Waals surface area contributed by atoms with Crippen LogP contribution >= 0.6 is 0 Å². The van der Waals surface area contributed by atoms with E-state index in [0.717, 1.165) is 45.2 Å². The maximum atomic E-state index is 13.4. The molecular weight excluding hydrogens is 215 g/mol. The van der Waals surface area contributed by atoms with E-state index in [1.54, 1.807) is 5.57 Å². The van der Waals surface area contributed by atoms with Crippen LogP contribution in [0.4, 0.5) is 4.39 Å². The Labute approximate surface area is 102 Å². The highest BCUT2D eigenvalue weighted by Gasteiger charge is 2.33. The molecule has 1 saturated carbocycles. The minimum atomic E-state index is -0.588. The maximum Gasteiger partial charge on any atom is 0.100 e. The van der Waals surface area contributed by atoms with E-state index in [1.165, 1.54) is 5.57 Å². The number of nitrogens with zero attached hydrogens (tertiary/aromatic N) is 1. The molecule has 3 rings (SSSR count). The van der Waals surface area contributed by atoms with Crippen molar-refractivity contribution in [3.63, 3.8) is 0 Å². The lowest BCUT2D eigenvalue weighted by molar-refractivity contribution is 0.298. The summed E-state index contributed by atoms with van der Waals surface area (Å²) in [5, 5.41) is 3.39. The van der Waals surface area contributed by atoms with Crippen LogP contribution in [0, 0.1) is 5.92 Å². The third kappa shape index (κ3) is 2.30. The van der Waals surface area contributed by atoms with E-state index in [2.05, 4.69) is 16.5 Å². The molecule has 3 unspecified atom stereocenters. The van der Waals surface area contributed by atoms with Crippen LogP contribution < -0.4 is 5.32 Å². The van der Waals surface area contributed by atoms with Gasteiger partial charge in [0.2, 0.25) is 0 Å². The summed E-state index contributed by atoms with van der Waals surface area (Å²) in [7, 11) is 0. The van der Waals surface area contributed by atoms with Crippen LogP contribution in [0.1, 0.15) is 38.5 Å². The van der Waals surface area contributed by atoms with E-state index in [9.17, 15) is 4.39 Å². The summed E-state index contributed by atoms with van der Waals surface area (Å²) in [6.07, 6.45) is 7.22. The van der Waals surface area contributed by atoms with Gasteiger partial charge >= 0.3 is 0 Å². The molecule has 0 aromatic carbocycles. The maximum absolute atomic E-state index is 13.4. The molecular formula is C14H21FN2. The summed E-state index contributed by atoms with van der Waals surface area (Å²) in [6.45, 7) is 2.19. The Balaban J connectivity index is 1.80. The standard InChI is InChI=1S/C14H21FN2/c15-11-1-3-12-13(9-17-14(12)4-2-11)10-5-7-16-8-6-10/h9,11-12,14,16H,1-8H2. The van der Waals surface area contributed by atoms with E-state index in [-0.39, 0.29) is 0 Å². The molecule has 3 heteroatoms. The molecule has 1 saturated heterocycles. The average molecular weight is 236 g/mol. The number of rotatable bonds is 0. The molecule has 2 nitrogen and oxygen atoms in total. The molecule has 3 aliphatic rings. The van der Waals surface area contributed by atoms with Gasteiger partial charge in [-0.2, -0.15) is 0 Å². The van der Waals surface area contributed by atoms with Crippen molar-refractivity contribution in [2.75, 3.05) is 13.1 Å². The predicted octanol–water partition coefficient (Wildman–Crippen LogP) is 2.65. The van der Waals surface area contributed by atoms with Crippen LogP contribution in [0.5, 0.6) is 0 Å². The van der Waals surface area contributed by atoms with Gasteiger partial charge < -0.3 is 5.32 Å². The van der Waals surface area contributed by atoms with E-state index in [0.29, 0.717) is 18.4 Å². The second-order valence-corrected chi connectivity index (χ2v) is 5.51. The number of aliphatic imine (C=N–C) groups is 1. The van der Waals surface area contributed by atoms with Crippen molar-refractivity contribution in [2.24, 2.45) is 10.9 Å². The van der Waals surface area contributed by atoms with Gasteiger partial charge in [0.25, 0.3) is 0 Å². The molecule has 1 N–H and O–H groups in total. The van der Waals surface area contributed by atoms with E-state index >= 15 is 0 Å². The first kappa shape index (κ1) is 11.4. The zero-order valence-corrected chi connectivity index (χ0v) is 10.3. The molecule has 0 aromatic heterocycles. The summed E-state index contributed by atoms with van der Waals surface area (Å²) >= 11 is 0. The minimum Gasteiger partial charge on any atom is -0.316 e. The second-order valence-electron chi connectivity index (χ2n) is 5.51. The Kier molecular flexibility index (Phi) is 3.28. The fourth-order valence-corrected chi connectivity index (χ4v) is 3.43. The summed E-state index contributed by atoms with van der Waals surface area (Å²) in [5.41, 5.74) is 3.04. The Morgan fingerprint density at radius 1 is 1.12 bits per heavy atom. The summed E-state index contributed by atoms with van der Waals surface area (Å²) in [6, 6.07) is 0.383. The van der Waals surface area contributed by atoms with E-state index in [1.807, 2.05) is 0 Å². The lowest BCUT2D eigenvalue weighted by Gasteiger charge is -2.22. The van der Waals surface area contributed by atoms with Gasteiger partial charge in [-0.25, -0.2) is 4.39 Å². The molecule has 0 aromatic rings. The molecule has 0 spiro atoms. The zero-order valence-electron chi connectivity index (χ0n) is 10.3. The number of nitrogens with one attached hydrogen (secondary N) is 1. The highest BCUT2D eigenvalue weighted by atomic mass is 19.1. The third-order valence-corrected chi connectivity index (χ3v) is 4.45. The monoisotopic (exact) mass is 236 g/mol. The first-order valence-electron chi connectivity index (χ1n) is 6.94. The largest absolute Gasteiger partial charge is 0.316 e. The summed E-state index contributed by atoms with van der Waals surface area (Å²) in [4.78, 5) is 4.64. The first-order chi connectivity index (χ1) is 8.34. The highest BCUT2D eigenvalue weighted by Crippen LogP contribution is 2.38. The van der Waals surface area contributed by atoms with Gasteiger partial charge in [0.1, 0.15) is 6.17 Å². The van der Waals surface area contributed by atoms with Gasteiger partial charge in [0.05, 0.1) is 6.04 Å². The molecule has 2 fully saturated rings. The number of hydrogen-bond acceptors (Lipinski definition) is 2. The molecule has 17 heavy (non-hydrogen) atoms. The van der Waals surface area contributed by atoms with Crippen molar-refractivity contribution in [1.29, 1.82) is 0 Å². The number of hydrogen-bond donors (Lipinski definition) is 1. The fraction of sp³-hybridized carbons (Fsp3) is 0.786. The van der Waals surface area contributed by atoms with Crippen molar-refractivity contribution in [3.8, 4) is 0 Å². The van der Waals surface area contributed by atoms with Gasteiger partial charge in [-0.1, -0.05) is 5.57 Å². The minimum absolute atomic E-state index is 0.383. The van der Waals surface area contributed by atoms with Crippen molar-refractivity contribution in [1.82, 2.24) is 5.32 Å². The Bertz CT molecular complexity index is 340. The van der Waals surface area contributed by atoms with Crippen molar-refractivity contribution >= 4 is 6.21 Å². The fourth-order valence-electron chi connectivity index (χ4n) is 3.43. The second kappa shape index (κ2) is 4.89. The molecule has 2 heterocycles. The molecule has 3 atom stereocenters. The van der Waals surface area contributed by atoms with E-state index < -0.39 is 6.17 Å². The smallest absolute Gasteiger partial charge is 0.100 e. The van der Waals surface area contributed by atoms with Crippen LogP contribution in [0.15, 0.2) is 16.1 Å². The van der Waals surface area contributed by atoms with Crippen LogP contribution in [0.25, 0.3) is 0 Å². The zero-order chi connectivity index (χ0) is 11.7. The molecule has 0 bridgehead atoms. The van der Waals surface area contributed by atoms with Gasteiger partial charge in [0.15, 0.2) is 0 Å². The summed E-state index contributed by atoms with van der Waals surface area (Å²) in [5.74, 6) is 0.531. The topological polar surface area (TPSA) is 24.4 Å². The van der Waals surface area contributed by atoms with Crippen molar-refractivity contribution < 1.29 is 4.39 Å². The molecule has 0 radical (unpaired) electrons. The van der Waals surface area contributed by atoms with Crippen LogP contribution in [0.3, 0.4) is 0 Å². The van der Waals surface area contributed by atoms with Crippen molar-refractivity contribution in [2.45, 2.75) is 50.7 Å². The lowest BCUT2D eigenvalue weighted by Crippen LogP contribution is -2.25. The Morgan fingerprint density at radius 3 is 2.71 bits per heavy atom. The van der Waals surface area contributed by atoms with Gasteiger partial charge in [-0.15, -0.1) is 0 Å². The van der Waals surface area contributed by atoms with Crippen LogP contribution in [-0.2, 0) is 0 Å². The molecule has 2 aliphatic heterocycles. The summed E-state index contributed by atoms with van der Waals surface area (Å²) < 4.78 is 13.4. The number of piperidine rings is 1. The highest BCUT2D eigenvalue weighted by molar-refractivity contribution is 5.83.